The molecule has 0 unspecified atom stereocenters. The average Bonchev–Trinajstić information content (AvgIpc) is 2.75. The van der Waals surface area contributed by atoms with Crippen LogP contribution in [0.5, 0.6) is 0 Å². The standard InChI is InChI=1S/C23H21ClF2N2O3S/c1-16-5-11-19(12-6-16)32(30,31)28(14-20-21(24)3-2-4-22(20)26)15-23(29)27-13-17-7-9-18(25)10-8-17/h2-12H,13-15H2,1H3,(H,27,29). The highest BCUT2D eigenvalue weighted by atomic mass is 35.5. The van der Waals surface area contributed by atoms with Gasteiger partial charge in [0.05, 0.1) is 11.4 Å². The van der Waals surface area contributed by atoms with Crippen molar-refractivity contribution in [2.75, 3.05) is 6.54 Å². The van der Waals surface area contributed by atoms with Gasteiger partial charge in [-0.25, -0.2) is 17.2 Å². The molecule has 5 nitrogen and oxygen atoms in total. The highest BCUT2D eigenvalue weighted by Gasteiger charge is 2.28. The van der Waals surface area contributed by atoms with Crippen LogP contribution >= 0.6 is 11.6 Å². The van der Waals surface area contributed by atoms with Gasteiger partial charge in [-0.1, -0.05) is 47.5 Å². The van der Waals surface area contributed by atoms with E-state index in [1.807, 2.05) is 6.92 Å². The molecule has 0 bridgehead atoms. The minimum atomic E-state index is -4.14. The first-order valence-corrected chi connectivity index (χ1v) is 11.5. The molecule has 0 aliphatic carbocycles. The summed E-state index contributed by atoms with van der Waals surface area (Å²) in [5, 5.41) is 2.66. The Morgan fingerprint density at radius 2 is 1.66 bits per heavy atom. The molecule has 1 amide bonds. The number of benzene rings is 3. The summed E-state index contributed by atoms with van der Waals surface area (Å²) >= 11 is 6.09. The Morgan fingerprint density at radius 1 is 1.00 bits per heavy atom. The second kappa shape index (κ2) is 10.2. The summed E-state index contributed by atoms with van der Waals surface area (Å²) in [6, 6.07) is 15.7. The number of hydrogen-bond acceptors (Lipinski definition) is 3. The maximum absolute atomic E-state index is 14.4. The number of carbonyl (C=O) groups is 1. The van der Waals surface area contributed by atoms with Crippen LogP contribution in [0, 0.1) is 18.6 Å². The number of carbonyl (C=O) groups excluding carboxylic acids is 1. The second-order valence-corrected chi connectivity index (χ2v) is 9.53. The maximum Gasteiger partial charge on any atom is 0.243 e. The number of halogens is 3. The molecule has 3 aromatic rings. The van der Waals surface area contributed by atoms with Crippen LogP contribution in [0.3, 0.4) is 0 Å². The van der Waals surface area contributed by atoms with E-state index in [1.165, 1.54) is 54.6 Å². The lowest BCUT2D eigenvalue weighted by Gasteiger charge is -2.23. The van der Waals surface area contributed by atoms with Crippen LogP contribution in [0.1, 0.15) is 16.7 Å². The van der Waals surface area contributed by atoms with Crippen LogP contribution in [0.4, 0.5) is 8.78 Å². The monoisotopic (exact) mass is 478 g/mol. The van der Waals surface area contributed by atoms with Gasteiger partial charge in [0.15, 0.2) is 0 Å². The Labute approximate surface area is 190 Å². The third kappa shape index (κ3) is 5.91. The van der Waals surface area contributed by atoms with Crippen molar-refractivity contribution >= 4 is 27.5 Å². The summed E-state index contributed by atoms with van der Waals surface area (Å²) in [7, 11) is -4.14. The summed E-state index contributed by atoms with van der Waals surface area (Å²) in [6.45, 7) is 0.919. The molecule has 0 saturated carbocycles. The highest BCUT2D eigenvalue weighted by molar-refractivity contribution is 7.89. The van der Waals surface area contributed by atoms with Crippen LogP contribution in [0.2, 0.25) is 5.02 Å². The van der Waals surface area contributed by atoms with Gasteiger partial charge in [-0.15, -0.1) is 0 Å². The molecule has 0 atom stereocenters. The molecular weight excluding hydrogens is 458 g/mol. The molecule has 0 aromatic heterocycles. The fourth-order valence-corrected chi connectivity index (χ4v) is 4.55. The first-order valence-electron chi connectivity index (χ1n) is 9.67. The van der Waals surface area contributed by atoms with E-state index in [9.17, 15) is 22.0 Å². The quantitative estimate of drug-likeness (QED) is 0.520. The molecule has 3 aromatic carbocycles. The molecule has 1 N–H and O–H groups in total. The lowest BCUT2D eigenvalue weighted by atomic mass is 10.2. The van der Waals surface area contributed by atoms with Gasteiger partial charge in [-0.3, -0.25) is 4.79 Å². The Hall–Kier alpha value is -2.81. The summed E-state index contributed by atoms with van der Waals surface area (Å²) in [6.07, 6.45) is 0. The zero-order valence-corrected chi connectivity index (χ0v) is 18.8. The van der Waals surface area contributed by atoms with E-state index in [4.69, 9.17) is 11.6 Å². The Morgan fingerprint density at radius 3 is 2.28 bits per heavy atom. The van der Waals surface area contributed by atoms with Crippen molar-refractivity contribution in [3.8, 4) is 0 Å². The lowest BCUT2D eigenvalue weighted by molar-refractivity contribution is -0.121. The van der Waals surface area contributed by atoms with Gasteiger partial charge in [0.1, 0.15) is 11.6 Å². The Kier molecular flexibility index (Phi) is 7.60. The number of sulfonamides is 1. The van der Waals surface area contributed by atoms with Crippen LogP contribution in [0.25, 0.3) is 0 Å². The van der Waals surface area contributed by atoms with E-state index < -0.39 is 40.7 Å². The summed E-state index contributed by atoms with van der Waals surface area (Å²) in [5.74, 6) is -1.68. The van der Waals surface area contributed by atoms with Crippen molar-refractivity contribution in [2.45, 2.75) is 24.9 Å². The van der Waals surface area contributed by atoms with Crippen LogP contribution < -0.4 is 5.32 Å². The maximum atomic E-state index is 14.4. The number of nitrogens with zero attached hydrogens (tertiary/aromatic N) is 1. The topological polar surface area (TPSA) is 66.5 Å². The largest absolute Gasteiger partial charge is 0.351 e. The van der Waals surface area contributed by atoms with Crippen LogP contribution in [-0.2, 0) is 27.9 Å². The Balaban J connectivity index is 1.85. The van der Waals surface area contributed by atoms with Gasteiger partial charge in [-0.05, 0) is 48.9 Å². The van der Waals surface area contributed by atoms with Gasteiger partial charge in [0.25, 0.3) is 0 Å². The molecule has 0 radical (unpaired) electrons. The predicted octanol–water partition coefficient (Wildman–Crippen LogP) is 4.43. The molecule has 0 spiro atoms. The molecule has 168 valence electrons. The molecular formula is C23H21ClF2N2O3S. The molecule has 0 fully saturated rings. The first-order chi connectivity index (χ1) is 15.2. The minimum absolute atomic E-state index is 0.0260. The highest BCUT2D eigenvalue weighted by Crippen LogP contribution is 2.24. The third-order valence-electron chi connectivity index (χ3n) is 4.78. The van der Waals surface area contributed by atoms with E-state index in [0.29, 0.717) is 5.56 Å². The molecule has 3 rings (SSSR count). The SMILES string of the molecule is Cc1ccc(S(=O)(=O)N(CC(=O)NCc2ccc(F)cc2)Cc2c(F)cccc2Cl)cc1. The number of rotatable bonds is 8. The van der Waals surface area contributed by atoms with Crippen molar-refractivity contribution < 1.29 is 22.0 Å². The summed E-state index contributed by atoms with van der Waals surface area (Å²) in [5.41, 5.74) is 1.48. The predicted molar refractivity (Wildman–Crippen MR) is 118 cm³/mol. The number of amides is 1. The summed E-state index contributed by atoms with van der Waals surface area (Å²) in [4.78, 5) is 12.5. The van der Waals surface area contributed by atoms with Crippen molar-refractivity contribution in [3.63, 3.8) is 0 Å². The molecule has 0 aliphatic heterocycles. The first kappa shape index (κ1) is 23.8. The van der Waals surface area contributed by atoms with Crippen LogP contribution in [0.15, 0.2) is 71.6 Å². The molecule has 9 heteroatoms. The van der Waals surface area contributed by atoms with Crippen molar-refractivity contribution in [1.82, 2.24) is 9.62 Å². The van der Waals surface area contributed by atoms with Crippen LogP contribution in [-0.4, -0.2) is 25.2 Å². The normalized spacial score (nSPS) is 11.5. The van der Waals surface area contributed by atoms with Gasteiger partial charge in [-0.2, -0.15) is 4.31 Å². The van der Waals surface area contributed by atoms with E-state index in [0.717, 1.165) is 9.87 Å². The molecule has 32 heavy (non-hydrogen) atoms. The molecule has 0 aliphatic rings. The van der Waals surface area contributed by atoms with E-state index in [2.05, 4.69) is 5.32 Å². The van der Waals surface area contributed by atoms with E-state index in [-0.39, 0.29) is 22.0 Å². The molecule has 0 heterocycles. The minimum Gasteiger partial charge on any atom is -0.351 e. The van der Waals surface area contributed by atoms with Gasteiger partial charge >= 0.3 is 0 Å². The lowest BCUT2D eigenvalue weighted by Crippen LogP contribution is -2.40. The molecule has 0 saturated heterocycles. The Bertz CT molecular complexity index is 1180. The van der Waals surface area contributed by atoms with Gasteiger partial charge < -0.3 is 5.32 Å². The summed E-state index contributed by atoms with van der Waals surface area (Å²) < 4.78 is 54.8. The van der Waals surface area contributed by atoms with Gasteiger partial charge in [0.2, 0.25) is 15.9 Å². The number of aryl methyl sites for hydroxylation is 1. The van der Waals surface area contributed by atoms with E-state index >= 15 is 0 Å². The van der Waals surface area contributed by atoms with Gasteiger partial charge in [0, 0.05) is 23.7 Å². The second-order valence-electron chi connectivity index (χ2n) is 7.19. The van der Waals surface area contributed by atoms with E-state index in [1.54, 1.807) is 12.1 Å². The smallest absolute Gasteiger partial charge is 0.243 e. The number of nitrogens with one attached hydrogen (secondary N) is 1. The van der Waals surface area contributed by atoms with Crippen molar-refractivity contribution in [3.05, 3.63) is 100 Å². The fourth-order valence-electron chi connectivity index (χ4n) is 2.96. The number of hydrogen-bond donors (Lipinski definition) is 1. The zero-order chi connectivity index (χ0) is 23.3. The van der Waals surface area contributed by atoms with Crippen molar-refractivity contribution in [2.24, 2.45) is 0 Å². The van der Waals surface area contributed by atoms with Crippen molar-refractivity contribution in [1.29, 1.82) is 0 Å². The zero-order valence-electron chi connectivity index (χ0n) is 17.2. The third-order valence-corrected chi connectivity index (χ3v) is 6.94. The fraction of sp³-hybridized carbons (Fsp3) is 0.174. The average molecular weight is 479 g/mol.